The smallest absolute Gasteiger partial charge is 0.321 e. The van der Waals surface area contributed by atoms with Crippen LogP contribution in [0.3, 0.4) is 0 Å². The molecule has 112 valence electrons. The van der Waals surface area contributed by atoms with Crippen molar-refractivity contribution in [1.82, 2.24) is 10.6 Å². The molecule has 1 unspecified atom stereocenters. The van der Waals surface area contributed by atoms with Crippen molar-refractivity contribution >= 4 is 17.6 Å². The van der Waals surface area contributed by atoms with Crippen molar-refractivity contribution in [1.29, 1.82) is 0 Å². The minimum absolute atomic E-state index is 0.275. The van der Waals surface area contributed by atoms with Crippen LogP contribution >= 0.6 is 0 Å². The number of amides is 3. The number of carbonyl (C=O) groups excluding carboxylic acids is 2. The topological polar surface area (TPSA) is 61.4 Å². The minimum Gasteiger partial charge on any atom is -0.354 e. The molecule has 2 aromatic carbocycles. The lowest BCUT2D eigenvalue weighted by Crippen LogP contribution is -2.61. The zero-order valence-corrected chi connectivity index (χ0v) is 12.0. The lowest BCUT2D eigenvalue weighted by Gasteiger charge is -2.35. The molecule has 5 nitrogen and oxygen atoms in total. The van der Waals surface area contributed by atoms with E-state index in [4.69, 9.17) is 0 Å². The predicted octanol–water partition coefficient (Wildman–Crippen LogP) is 1.90. The Morgan fingerprint density at radius 3 is 2.23 bits per heavy atom. The van der Waals surface area contributed by atoms with Crippen LogP contribution in [0.5, 0.6) is 0 Å². The van der Waals surface area contributed by atoms with E-state index in [1.165, 1.54) is 0 Å². The van der Waals surface area contributed by atoms with Gasteiger partial charge in [0.1, 0.15) is 6.04 Å². The van der Waals surface area contributed by atoms with Gasteiger partial charge < -0.3 is 10.2 Å². The Morgan fingerprint density at radius 1 is 0.955 bits per heavy atom. The summed E-state index contributed by atoms with van der Waals surface area (Å²) in [5.74, 6) is -0.275. The van der Waals surface area contributed by atoms with Crippen LogP contribution in [-0.2, 0) is 11.3 Å². The fourth-order valence-corrected chi connectivity index (χ4v) is 2.55. The van der Waals surface area contributed by atoms with E-state index in [0.717, 1.165) is 11.3 Å². The zero-order chi connectivity index (χ0) is 15.4. The van der Waals surface area contributed by atoms with Crippen molar-refractivity contribution in [3.8, 4) is 0 Å². The van der Waals surface area contributed by atoms with Crippen molar-refractivity contribution in [2.24, 2.45) is 0 Å². The first-order valence-electron chi connectivity index (χ1n) is 7.18. The van der Waals surface area contributed by atoms with E-state index < -0.39 is 12.1 Å². The molecule has 1 atom stereocenters. The maximum atomic E-state index is 12.2. The van der Waals surface area contributed by atoms with Crippen molar-refractivity contribution in [2.45, 2.75) is 12.6 Å². The molecule has 1 aliphatic rings. The van der Waals surface area contributed by atoms with E-state index in [1.54, 1.807) is 0 Å². The molecule has 1 fully saturated rings. The number of imide groups is 1. The molecule has 0 radical (unpaired) electrons. The molecule has 0 spiro atoms. The van der Waals surface area contributed by atoms with Gasteiger partial charge in [0.05, 0.1) is 0 Å². The molecule has 22 heavy (non-hydrogen) atoms. The summed E-state index contributed by atoms with van der Waals surface area (Å²) in [5.41, 5.74) is 2.05. The third kappa shape index (κ3) is 3.09. The number of rotatable bonds is 4. The lowest BCUT2D eigenvalue weighted by atomic mass is 10.1. The highest BCUT2D eigenvalue weighted by Gasteiger charge is 2.31. The van der Waals surface area contributed by atoms with Crippen LogP contribution < -0.4 is 15.5 Å². The van der Waals surface area contributed by atoms with Crippen LogP contribution in [0.4, 0.5) is 10.5 Å². The first-order chi connectivity index (χ1) is 10.7. The highest BCUT2D eigenvalue weighted by atomic mass is 16.2. The lowest BCUT2D eigenvalue weighted by molar-refractivity contribution is -0.121. The first-order valence-corrected chi connectivity index (χ1v) is 7.18. The summed E-state index contributed by atoms with van der Waals surface area (Å²) in [5, 5.41) is 5.02. The number of anilines is 1. The van der Waals surface area contributed by atoms with E-state index in [-0.39, 0.29) is 5.91 Å². The summed E-state index contributed by atoms with van der Waals surface area (Å²) in [6, 6.07) is 18.8. The Bertz CT molecular complexity index is 658. The average Bonchev–Trinajstić information content (AvgIpc) is 2.55. The van der Waals surface area contributed by atoms with E-state index in [1.807, 2.05) is 65.6 Å². The Balaban J connectivity index is 1.89. The molecular weight excluding hydrogens is 278 g/mol. The van der Waals surface area contributed by atoms with Gasteiger partial charge >= 0.3 is 6.03 Å². The van der Waals surface area contributed by atoms with Crippen LogP contribution in [0.15, 0.2) is 60.7 Å². The molecule has 0 bridgehead atoms. The quantitative estimate of drug-likeness (QED) is 0.905. The van der Waals surface area contributed by atoms with Gasteiger partial charge in [-0.3, -0.25) is 10.1 Å². The van der Waals surface area contributed by atoms with Crippen LogP contribution in [0.1, 0.15) is 5.56 Å². The van der Waals surface area contributed by atoms with Gasteiger partial charge in [-0.2, -0.15) is 0 Å². The second-order valence-electron chi connectivity index (χ2n) is 5.16. The normalized spacial score (nSPS) is 17.5. The van der Waals surface area contributed by atoms with Gasteiger partial charge in [0.15, 0.2) is 0 Å². The second kappa shape index (κ2) is 6.30. The average molecular weight is 295 g/mol. The molecule has 5 heteroatoms. The summed E-state index contributed by atoms with van der Waals surface area (Å²) < 4.78 is 0. The highest BCUT2D eigenvalue weighted by molar-refractivity contribution is 6.01. The first kappa shape index (κ1) is 14.1. The summed E-state index contributed by atoms with van der Waals surface area (Å²) in [7, 11) is 0. The van der Waals surface area contributed by atoms with Gasteiger partial charge in [-0.15, -0.1) is 0 Å². The fourth-order valence-electron chi connectivity index (χ4n) is 2.55. The number of hydrogen-bond acceptors (Lipinski definition) is 3. The molecule has 0 saturated carbocycles. The number of para-hydroxylation sites is 1. The molecular formula is C17H17N3O2. The van der Waals surface area contributed by atoms with Gasteiger partial charge in [-0.25, -0.2) is 4.79 Å². The molecule has 1 heterocycles. The number of hydrogen-bond donors (Lipinski definition) is 2. The van der Waals surface area contributed by atoms with Gasteiger partial charge in [-0.05, 0) is 17.7 Å². The third-order valence-electron chi connectivity index (χ3n) is 3.66. The monoisotopic (exact) mass is 295 g/mol. The maximum absolute atomic E-state index is 12.2. The van der Waals surface area contributed by atoms with Crippen LogP contribution in [-0.4, -0.2) is 24.5 Å². The number of nitrogens with zero attached hydrogens (tertiary/aromatic N) is 1. The van der Waals surface area contributed by atoms with Gasteiger partial charge in [0, 0.05) is 18.8 Å². The molecule has 2 N–H and O–H groups in total. The minimum atomic E-state index is -0.436. The number of urea groups is 1. The number of carbonyl (C=O) groups is 2. The number of nitrogens with one attached hydrogen (secondary N) is 2. The Morgan fingerprint density at radius 2 is 1.59 bits per heavy atom. The second-order valence-corrected chi connectivity index (χ2v) is 5.16. The van der Waals surface area contributed by atoms with Crippen LogP contribution in [0.2, 0.25) is 0 Å². The fraction of sp³-hybridized carbons (Fsp3) is 0.176. The van der Waals surface area contributed by atoms with Crippen molar-refractivity contribution < 1.29 is 9.59 Å². The zero-order valence-electron chi connectivity index (χ0n) is 12.0. The molecule has 3 rings (SSSR count). The number of benzene rings is 2. The standard InChI is InChI=1S/C17H17N3O2/c21-16-15(11-18-17(22)19-16)20(14-9-5-2-6-10-14)12-13-7-3-1-4-8-13/h1-10,15H,11-12H2,(H2,18,19,21,22). The molecule has 1 saturated heterocycles. The SMILES string of the molecule is O=C1NCC(N(Cc2ccccc2)c2ccccc2)C(=O)N1. The van der Waals surface area contributed by atoms with Gasteiger partial charge in [-0.1, -0.05) is 48.5 Å². The summed E-state index contributed by atoms with van der Waals surface area (Å²) in [4.78, 5) is 25.5. The molecule has 2 aromatic rings. The molecule has 1 aliphatic heterocycles. The van der Waals surface area contributed by atoms with Gasteiger partial charge in [0.2, 0.25) is 0 Å². The Labute approximate surface area is 128 Å². The Hall–Kier alpha value is -2.82. The van der Waals surface area contributed by atoms with Crippen LogP contribution in [0, 0.1) is 0 Å². The van der Waals surface area contributed by atoms with E-state index >= 15 is 0 Å². The molecule has 0 aliphatic carbocycles. The van der Waals surface area contributed by atoms with E-state index in [9.17, 15) is 9.59 Å². The summed E-state index contributed by atoms with van der Waals surface area (Å²) in [6.45, 7) is 0.894. The van der Waals surface area contributed by atoms with Gasteiger partial charge in [0.25, 0.3) is 5.91 Å². The highest BCUT2D eigenvalue weighted by Crippen LogP contribution is 2.20. The van der Waals surface area contributed by atoms with Crippen molar-refractivity contribution in [3.05, 3.63) is 66.2 Å². The molecule has 0 aromatic heterocycles. The van der Waals surface area contributed by atoms with E-state index in [2.05, 4.69) is 10.6 Å². The summed E-state index contributed by atoms with van der Waals surface area (Å²) >= 11 is 0. The van der Waals surface area contributed by atoms with E-state index in [0.29, 0.717) is 13.1 Å². The predicted molar refractivity (Wildman–Crippen MR) is 84.4 cm³/mol. The van der Waals surface area contributed by atoms with Crippen molar-refractivity contribution in [3.63, 3.8) is 0 Å². The third-order valence-corrected chi connectivity index (χ3v) is 3.66. The van der Waals surface area contributed by atoms with Crippen LogP contribution in [0.25, 0.3) is 0 Å². The molecule has 3 amide bonds. The maximum Gasteiger partial charge on any atom is 0.321 e. The summed E-state index contributed by atoms with van der Waals surface area (Å²) in [6.07, 6.45) is 0. The largest absolute Gasteiger partial charge is 0.354 e. The Kier molecular flexibility index (Phi) is 4.05. The van der Waals surface area contributed by atoms with Crippen molar-refractivity contribution in [2.75, 3.05) is 11.4 Å².